The number of halogens is 3. The molecule has 0 N–H and O–H groups in total. The Balaban J connectivity index is 2.02. The summed E-state index contributed by atoms with van der Waals surface area (Å²) in [6, 6.07) is 5.00. The summed E-state index contributed by atoms with van der Waals surface area (Å²) in [5.74, 6) is 0.112. The fourth-order valence-electron chi connectivity index (χ4n) is 3.00. The first-order valence-corrected chi connectivity index (χ1v) is 10.1. The lowest BCUT2D eigenvalue weighted by molar-refractivity contribution is -0.148. The Kier molecular flexibility index (Phi) is 6.58. The van der Waals surface area contributed by atoms with Gasteiger partial charge in [-0.25, -0.2) is 14.2 Å². The van der Waals surface area contributed by atoms with Crippen molar-refractivity contribution in [3.63, 3.8) is 0 Å². The third-order valence-corrected chi connectivity index (χ3v) is 5.48. The number of hydrogen-bond donors (Lipinski definition) is 0. The van der Waals surface area contributed by atoms with Crippen molar-refractivity contribution in [2.45, 2.75) is 24.4 Å². The highest BCUT2D eigenvalue weighted by Gasteiger charge is 2.35. The van der Waals surface area contributed by atoms with Crippen molar-refractivity contribution in [2.24, 2.45) is 12.2 Å². The number of alkyl halides is 3. The number of carbonyl (C=O) groups excluding carboxylic acids is 1. The zero-order valence-corrected chi connectivity index (χ0v) is 17.4. The molecule has 166 valence electrons. The zero-order valence-electron chi connectivity index (χ0n) is 16.6. The number of fused-ring (bicyclic) bond motifs is 1. The maximum absolute atomic E-state index is 13.1. The molecular weight excluding hydrogens is 439 g/mol. The fraction of sp³-hybridized carbons (Fsp3) is 0.368. The Morgan fingerprint density at radius 2 is 2.00 bits per heavy atom. The SMILES string of the molecule is CCOC(=O)CON=C1CCSc2ccc(-n3c(=O)cc(C(F)(F)F)n(C)c3=O)cc21. The first-order valence-electron chi connectivity index (χ1n) is 9.15. The topological polar surface area (TPSA) is 91.9 Å². The van der Waals surface area contributed by atoms with E-state index < -0.39 is 29.1 Å². The third kappa shape index (κ3) is 4.84. The minimum atomic E-state index is -4.84. The van der Waals surface area contributed by atoms with Gasteiger partial charge in [-0.1, -0.05) is 5.16 Å². The van der Waals surface area contributed by atoms with Gasteiger partial charge in [-0.15, -0.1) is 11.8 Å². The monoisotopic (exact) mass is 457 g/mol. The van der Waals surface area contributed by atoms with Crippen LogP contribution in [-0.4, -0.2) is 39.8 Å². The lowest BCUT2D eigenvalue weighted by atomic mass is 10.1. The second kappa shape index (κ2) is 9.00. The van der Waals surface area contributed by atoms with Gasteiger partial charge < -0.3 is 9.57 Å². The number of carbonyl (C=O) groups is 1. The van der Waals surface area contributed by atoms with Crippen LogP contribution < -0.4 is 11.2 Å². The van der Waals surface area contributed by atoms with E-state index in [1.165, 1.54) is 23.9 Å². The Bertz CT molecular complexity index is 1150. The molecule has 0 atom stereocenters. The predicted molar refractivity (Wildman–Crippen MR) is 107 cm³/mol. The van der Waals surface area contributed by atoms with E-state index in [1.807, 2.05) is 0 Å². The lowest BCUT2D eigenvalue weighted by Gasteiger charge is -2.19. The molecule has 0 fully saturated rings. The molecule has 31 heavy (non-hydrogen) atoms. The molecule has 0 amide bonds. The van der Waals surface area contributed by atoms with Crippen molar-refractivity contribution < 1.29 is 27.5 Å². The molecule has 0 saturated heterocycles. The second-order valence-corrected chi connectivity index (χ2v) is 7.57. The number of aromatic nitrogens is 2. The van der Waals surface area contributed by atoms with Gasteiger partial charge in [-0.05, 0) is 25.1 Å². The Hall–Kier alpha value is -3.02. The minimum absolute atomic E-state index is 0.0960. The van der Waals surface area contributed by atoms with E-state index in [0.717, 1.165) is 11.9 Å². The van der Waals surface area contributed by atoms with E-state index in [4.69, 9.17) is 9.57 Å². The maximum Gasteiger partial charge on any atom is 0.431 e. The average Bonchev–Trinajstić information content (AvgIpc) is 2.70. The van der Waals surface area contributed by atoms with Crippen LogP contribution in [0.5, 0.6) is 0 Å². The Labute approximate surface area is 178 Å². The first kappa shape index (κ1) is 22.7. The Morgan fingerprint density at radius 3 is 2.68 bits per heavy atom. The summed E-state index contributed by atoms with van der Waals surface area (Å²) in [4.78, 5) is 42.1. The summed E-state index contributed by atoms with van der Waals surface area (Å²) in [5.41, 5.74) is -2.42. The number of benzene rings is 1. The standard InChI is InChI=1S/C19H18F3N3O5S/c1-3-29-17(27)10-30-23-13-6-7-31-14-5-4-11(8-12(13)14)25-16(26)9-15(19(20,21)22)24(2)18(25)28/h4-5,8-9H,3,6-7,10H2,1-2H3. The summed E-state index contributed by atoms with van der Waals surface area (Å²) in [5, 5.41) is 3.97. The van der Waals surface area contributed by atoms with Crippen LogP contribution in [0.4, 0.5) is 13.2 Å². The van der Waals surface area contributed by atoms with Crippen molar-refractivity contribution in [2.75, 3.05) is 19.0 Å². The van der Waals surface area contributed by atoms with Gasteiger partial charge in [0.05, 0.1) is 18.0 Å². The molecule has 2 heterocycles. The second-order valence-electron chi connectivity index (χ2n) is 6.44. The number of oxime groups is 1. The normalized spacial score (nSPS) is 14.9. The van der Waals surface area contributed by atoms with Crippen LogP contribution in [-0.2, 0) is 27.6 Å². The van der Waals surface area contributed by atoms with E-state index in [1.54, 1.807) is 13.0 Å². The molecule has 0 saturated carbocycles. The number of hydrogen-bond acceptors (Lipinski definition) is 7. The molecule has 1 aliphatic rings. The predicted octanol–water partition coefficient (Wildman–Crippen LogP) is 2.33. The molecule has 2 aromatic rings. The molecule has 0 aliphatic carbocycles. The molecule has 3 rings (SSSR count). The van der Waals surface area contributed by atoms with Gasteiger partial charge in [-0.3, -0.25) is 9.36 Å². The van der Waals surface area contributed by atoms with Crippen LogP contribution in [0, 0.1) is 0 Å². The van der Waals surface area contributed by atoms with Crippen molar-refractivity contribution in [1.82, 2.24) is 9.13 Å². The highest BCUT2D eigenvalue weighted by molar-refractivity contribution is 7.99. The first-order chi connectivity index (χ1) is 14.6. The van der Waals surface area contributed by atoms with E-state index in [9.17, 15) is 27.6 Å². The number of ether oxygens (including phenoxy) is 1. The number of esters is 1. The highest BCUT2D eigenvalue weighted by Crippen LogP contribution is 2.32. The van der Waals surface area contributed by atoms with Crippen LogP contribution in [0.15, 0.2) is 43.9 Å². The van der Waals surface area contributed by atoms with Gasteiger partial charge in [0.15, 0.2) is 0 Å². The molecule has 0 radical (unpaired) electrons. The van der Waals surface area contributed by atoms with Crippen molar-refractivity contribution in [1.29, 1.82) is 0 Å². The molecular formula is C19H18F3N3O5S. The molecule has 1 aliphatic heterocycles. The molecule has 8 nitrogen and oxygen atoms in total. The van der Waals surface area contributed by atoms with Crippen molar-refractivity contribution in [3.8, 4) is 5.69 Å². The van der Waals surface area contributed by atoms with Crippen LogP contribution in [0.25, 0.3) is 5.69 Å². The summed E-state index contributed by atoms with van der Waals surface area (Å²) >= 11 is 1.51. The largest absolute Gasteiger partial charge is 0.463 e. The van der Waals surface area contributed by atoms with Gasteiger partial charge >= 0.3 is 17.8 Å². The quantitative estimate of drug-likeness (QED) is 0.506. The third-order valence-electron chi connectivity index (χ3n) is 4.40. The highest BCUT2D eigenvalue weighted by atomic mass is 32.2. The van der Waals surface area contributed by atoms with Crippen molar-refractivity contribution >= 4 is 23.4 Å². The van der Waals surface area contributed by atoms with Gasteiger partial charge in [-0.2, -0.15) is 13.2 Å². The van der Waals surface area contributed by atoms with Crippen LogP contribution >= 0.6 is 11.8 Å². The van der Waals surface area contributed by atoms with Crippen LogP contribution in [0.1, 0.15) is 24.6 Å². The van der Waals surface area contributed by atoms with E-state index in [0.29, 0.717) is 38.6 Å². The van der Waals surface area contributed by atoms with Crippen molar-refractivity contribution in [3.05, 3.63) is 56.4 Å². The smallest absolute Gasteiger partial charge is 0.431 e. The summed E-state index contributed by atoms with van der Waals surface area (Å²) < 4.78 is 45.0. The Morgan fingerprint density at radius 1 is 1.26 bits per heavy atom. The molecule has 1 aromatic carbocycles. The molecule has 0 spiro atoms. The lowest BCUT2D eigenvalue weighted by Crippen LogP contribution is -2.40. The summed E-state index contributed by atoms with van der Waals surface area (Å²) in [7, 11) is 0.950. The van der Waals surface area contributed by atoms with E-state index >= 15 is 0 Å². The zero-order chi connectivity index (χ0) is 22.8. The molecule has 12 heteroatoms. The summed E-state index contributed by atoms with van der Waals surface area (Å²) in [6.45, 7) is 1.49. The van der Waals surface area contributed by atoms with E-state index in [2.05, 4.69) is 5.16 Å². The maximum atomic E-state index is 13.1. The fourth-order valence-corrected chi connectivity index (χ4v) is 4.01. The number of rotatable bonds is 5. The molecule has 1 aromatic heterocycles. The van der Waals surface area contributed by atoms with Gasteiger partial charge in [0.2, 0.25) is 6.61 Å². The summed E-state index contributed by atoms with van der Waals surface area (Å²) in [6.07, 6.45) is -4.35. The van der Waals surface area contributed by atoms with Gasteiger partial charge in [0.25, 0.3) is 5.56 Å². The average molecular weight is 457 g/mol. The van der Waals surface area contributed by atoms with Crippen LogP contribution in [0.2, 0.25) is 0 Å². The van der Waals surface area contributed by atoms with E-state index in [-0.39, 0.29) is 18.9 Å². The number of nitrogens with zero attached hydrogens (tertiary/aromatic N) is 3. The van der Waals surface area contributed by atoms with Gasteiger partial charge in [0, 0.05) is 35.7 Å². The van der Waals surface area contributed by atoms with Crippen LogP contribution in [0.3, 0.4) is 0 Å². The molecule has 0 unspecified atom stereocenters. The molecule has 0 bridgehead atoms. The minimum Gasteiger partial charge on any atom is -0.463 e. The van der Waals surface area contributed by atoms with Gasteiger partial charge in [0.1, 0.15) is 5.69 Å². The number of thioether (sulfide) groups is 1.